The number of carboxylic acids is 1. The van der Waals surface area contributed by atoms with E-state index in [1.165, 1.54) is 18.0 Å². The number of para-hydroxylation sites is 2. The number of carbonyl (C=O) groups excluding carboxylic acids is 1. The van der Waals surface area contributed by atoms with Gasteiger partial charge in [0.25, 0.3) is 5.91 Å². The highest BCUT2D eigenvalue weighted by Gasteiger charge is 2.21. The molecule has 1 heterocycles. The van der Waals surface area contributed by atoms with Gasteiger partial charge in [-0.25, -0.2) is 9.78 Å². The van der Waals surface area contributed by atoms with Crippen LogP contribution in [0.15, 0.2) is 30.5 Å². The number of nitrogens with zero attached hydrogens (tertiary/aromatic N) is 2. The smallest absolute Gasteiger partial charge is 0.326 e. The second-order valence-corrected chi connectivity index (χ2v) is 5.38. The Morgan fingerprint density at radius 3 is 2.71 bits per heavy atom. The van der Waals surface area contributed by atoms with Crippen molar-refractivity contribution in [1.29, 1.82) is 0 Å². The zero-order valence-corrected chi connectivity index (χ0v) is 12.3. The number of benzene rings is 1. The number of carboxylic acid groups (broad SMARTS) is 1. The maximum atomic E-state index is 12.1. The maximum Gasteiger partial charge on any atom is 0.326 e. The standard InChI is InChI=1S/C14H15N3O3S/c1-21-7-6-11(14(19)20)17-13(18)12-8-15-9-4-2-3-5-10(9)16-12/h2-5,8,11H,6-7H2,1H3,(H,17,18)(H,19,20). The van der Waals surface area contributed by atoms with E-state index in [0.717, 1.165) is 0 Å². The highest BCUT2D eigenvalue weighted by atomic mass is 32.2. The quantitative estimate of drug-likeness (QED) is 0.841. The molecule has 0 saturated carbocycles. The van der Waals surface area contributed by atoms with Crippen LogP contribution >= 0.6 is 11.8 Å². The Hall–Kier alpha value is -2.15. The van der Waals surface area contributed by atoms with Crippen LogP contribution in [-0.2, 0) is 4.79 Å². The molecule has 0 aliphatic carbocycles. The van der Waals surface area contributed by atoms with Crippen LogP contribution in [0.5, 0.6) is 0 Å². The molecule has 6 nitrogen and oxygen atoms in total. The van der Waals surface area contributed by atoms with Crippen molar-refractivity contribution in [3.63, 3.8) is 0 Å². The van der Waals surface area contributed by atoms with Crippen LogP contribution in [0.3, 0.4) is 0 Å². The van der Waals surface area contributed by atoms with Crippen molar-refractivity contribution in [3.8, 4) is 0 Å². The molecule has 110 valence electrons. The average Bonchev–Trinajstić information content (AvgIpc) is 2.50. The molecule has 2 rings (SSSR count). The zero-order chi connectivity index (χ0) is 15.2. The third-order valence-electron chi connectivity index (χ3n) is 2.90. The van der Waals surface area contributed by atoms with Gasteiger partial charge < -0.3 is 10.4 Å². The first-order valence-electron chi connectivity index (χ1n) is 6.36. The van der Waals surface area contributed by atoms with Gasteiger partial charge in [-0.15, -0.1) is 0 Å². The largest absolute Gasteiger partial charge is 0.480 e. The minimum absolute atomic E-state index is 0.115. The van der Waals surface area contributed by atoms with Gasteiger partial charge in [-0.3, -0.25) is 9.78 Å². The van der Waals surface area contributed by atoms with Crippen molar-refractivity contribution in [2.45, 2.75) is 12.5 Å². The van der Waals surface area contributed by atoms with Crippen molar-refractivity contribution in [1.82, 2.24) is 15.3 Å². The molecule has 7 heteroatoms. The third kappa shape index (κ3) is 3.91. The average molecular weight is 305 g/mol. The molecule has 0 fully saturated rings. The van der Waals surface area contributed by atoms with Crippen LogP contribution in [0.4, 0.5) is 0 Å². The first kappa shape index (κ1) is 15.2. The molecule has 1 amide bonds. The highest BCUT2D eigenvalue weighted by Crippen LogP contribution is 2.09. The first-order chi connectivity index (χ1) is 10.1. The summed E-state index contributed by atoms with van der Waals surface area (Å²) in [4.78, 5) is 31.5. The lowest BCUT2D eigenvalue weighted by Gasteiger charge is -2.13. The van der Waals surface area contributed by atoms with Gasteiger partial charge in [0.15, 0.2) is 0 Å². The van der Waals surface area contributed by atoms with E-state index < -0.39 is 17.9 Å². The van der Waals surface area contributed by atoms with Crippen LogP contribution in [0.1, 0.15) is 16.9 Å². The van der Waals surface area contributed by atoms with Gasteiger partial charge in [-0.1, -0.05) is 12.1 Å². The molecule has 0 radical (unpaired) electrons. The van der Waals surface area contributed by atoms with Crippen molar-refractivity contribution in [2.24, 2.45) is 0 Å². The number of hydrogen-bond donors (Lipinski definition) is 2. The summed E-state index contributed by atoms with van der Waals surface area (Å²) in [5.74, 6) is -0.923. The normalized spacial score (nSPS) is 12.0. The van der Waals surface area contributed by atoms with Gasteiger partial charge in [-0.2, -0.15) is 11.8 Å². The van der Waals surface area contributed by atoms with Gasteiger partial charge in [-0.05, 0) is 30.6 Å². The second kappa shape index (κ2) is 7.03. The molecule has 0 aliphatic heterocycles. The van der Waals surface area contributed by atoms with Gasteiger partial charge in [0.2, 0.25) is 0 Å². The van der Waals surface area contributed by atoms with Crippen LogP contribution in [0, 0.1) is 0 Å². The van der Waals surface area contributed by atoms with Crippen LogP contribution < -0.4 is 5.32 Å². The molecule has 1 unspecified atom stereocenters. The summed E-state index contributed by atoms with van der Waals surface area (Å²) in [5.41, 5.74) is 1.40. The minimum Gasteiger partial charge on any atom is -0.480 e. The number of aliphatic carboxylic acids is 1. The number of nitrogens with one attached hydrogen (secondary N) is 1. The van der Waals surface area contributed by atoms with E-state index in [1.807, 2.05) is 12.3 Å². The molecule has 0 spiro atoms. The zero-order valence-electron chi connectivity index (χ0n) is 11.4. The van der Waals surface area contributed by atoms with E-state index in [0.29, 0.717) is 23.2 Å². The lowest BCUT2D eigenvalue weighted by atomic mass is 10.2. The third-order valence-corrected chi connectivity index (χ3v) is 3.54. The molecule has 0 bridgehead atoms. The summed E-state index contributed by atoms with van der Waals surface area (Å²) < 4.78 is 0. The molecule has 1 aromatic heterocycles. The Balaban J connectivity index is 2.15. The predicted molar refractivity (Wildman–Crippen MR) is 81.4 cm³/mol. The number of hydrogen-bond acceptors (Lipinski definition) is 5. The van der Waals surface area contributed by atoms with E-state index in [1.54, 1.807) is 18.2 Å². The Kier molecular flexibility index (Phi) is 5.10. The van der Waals surface area contributed by atoms with Gasteiger partial charge in [0.05, 0.1) is 17.2 Å². The molecule has 2 N–H and O–H groups in total. The van der Waals surface area contributed by atoms with Crippen LogP contribution in [0.2, 0.25) is 0 Å². The number of thioether (sulfide) groups is 1. The maximum absolute atomic E-state index is 12.1. The Bertz CT molecular complexity index is 663. The monoisotopic (exact) mass is 305 g/mol. The minimum atomic E-state index is -1.05. The topological polar surface area (TPSA) is 92.2 Å². The lowest BCUT2D eigenvalue weighted by Crippen LogP contribution is -2.41. The summed E-state index contributed by atoms with van der Waals surface area (Å²) in [7, 11) is 0. The van der Waals surface area contributed by atoms with E-state index >= 15 is 0 Å². The van der Waals surface area contributed by atoms with Crippen molar-refractivity contribution in [3.05, 3.63) is 36.2 Å². The number of carbonyl (C=O) groups is 2. The van der Waals surface area contributed by atoms with Crippen molar-refractivity contribution >= 4 is 34.7 Å². The lowest BCUT2D eigenvalue weighted by molar-refractivity contribution is -0.139. The summed E-state index contributed by atoms with van der Waals surface area (Å²) in [6, 6.07) is 6.26. The first-order valence-corrected chi connectivity index (χ1v) is 7.75. The van der Waals surface area contributed by atoms with Crippen molar-refractivity contribution in [2.75, 3.05) is 12.0 Å². The van der Waals surface area contributed by atoms with E-state index in [-0.39, 0.29) is 5.69 Å². The molecular formula is C14H15N3O3S. The fraction of sp³-hybridized carbons (Fsp3) is 0.286. The van der Waals surface area contributed by atoms with Gasteiger partial charge in [0.1, 0.15) is 11.7 Å². The number of rotatable bonds is 6. The number of amides is 1. The summed E-state index contributed by atoms with van der Waals surface area (Å²) in [6.07, 6.45) is 3.60. The second-order valence-electron chi connectivity index (χ2n) is 4.39. The van der Waals surface area contributed by atoms with E-state index in [2.05, 4.69) is 15.3 Å². The fourth-order valence-electron chi connectivity index (χ4n) is 1.79. The highest BCUT2D eigenvalue weighted by molar-refractivity contribution is 7.98. The number of fused-ring (bicyclic) bond motifs is 1. The molecule has 2 aromatic rings. The molecule has 1 atom stereocenters. The van der Waals surface area contributed by atoms with Gasteiger partial charge >= 0.3 is 5.97 Å². The Labute approximate surface area is 126 Å². The van der Waals surface area contributed by atoms with E-state index in [9.17, 15) is 9.59 Å². The van der Waals surface area contributed by atoms with Crippen LogP contribution in [-0.4, -0.2) is 45.0 Å². The predicted octanol–water partition coefficient (Wildman–Crippen LogP) is 1.57. The SMILES string of the molecule is CSCCC(NC(=O)c1cnc2ccccc2n1)C(=O)O. The van der Waals surface area contributed by atoms with Crippen LogP contribution in [0.25, 0.3) is 11.0 Å². The summed E-state index contributed by atoms with van der Waals surface area (Å²) >= 11 is 1.53. The number of aromatic nitrogens is 2. The molecule has 1 aromatic carbocycles. The molecule has 21 heavy (non-hydrogen) atoms. The van der Waals surface area contributed by atoms with Gasteiger partial charge in [0, 0.05) is 0 Å². The Morgan fingerprint density at radius 2 is 2.05 bits per heavy atom. The molecule has 0 aliphatic rings. The van der Waals surface area contributed by atoms with Crippen molar-refractivity contribution < 1.29 is 14.7 Å². The molecule has 0 saturated heterocycles. The summed E-state index contributed by atoms with van der Waals surface area (Å²) in [6.45, 7) is 0. The summed E-state index contributed by atoms with van der Waals surface area (Å²) in [5, 5.41) is 11.6. The molecular weight excluding hydrogens is 290 g/mol. The van der Waals surface area contributed by atoms with E-state index in [4.69, 9.17) is 5.11 Å². The Morgan fingerprint density at radius 1 is 1.33 bits per heavy atom. The fourth-order valence-corrected chi connectivity index (χ4v) is 2.26.